The number of ether oxygens (including phenoxy) is 1. The van der Waals surface area contributed by atoms with Crippen molar-refractivity contribution in [1.82, 2.24) is 0 Å². The Labute approximate surface area is 71.9 Å². The smallest absolute Gasteiger partial charge is 0.153 e. The highest BCUT2D eigenvalue weighted by atomic mass is 35.5. The number of Topliss-reactive ketones (excluding diaryl/α,β-unsaturated/α-hetero) is 1. The summed E-state index contributed by atoms with van der Waals surface area (Å²) in [6.45, 7) is 1.95. The second-order valence-corrected chi connectivity index (χ2v) is 3.65. The minimum atomic E-state index is -0.192. The van der Waals surface area contributed by atoms with E-state index >= 15 is 0 Å². The maximum absolute atomic E-state index is 11.2. The fourth-order valence-electron chi connectivity index (χ4n) is 1.50. The summed E-state index contributed by atoms with van der Waals surface area (Å²) >= 11 is 5.45. The zero-order valence-corrected chi connectivity index (χ0v) is 7.65. The second kappa shape index (κ2) is 3.11. The van der Waals surface area contributed by atoms with Gasteiger partial charge < -0.3 is 4.74 Å². The van der Waals surface area contributed by atoms with Crippen LogP contribution in [0, 0.1) is 5.41 Å². The van der Waals surface area contributed by atoms with Crippen molar-refractivity contribution in [1.29, 1.82) is 0 Å². The first-order valence-electron chi connectivity index (χ1n) is 3.74. The second-order valence-electron chi connectivity index (χ2n) is 3.38. The summed E-state index contributed by atoms with van der Waals surface area (Å²) in [6.07, 6.45) is 1.93. The first kappa shape index (κ1) is 9.01. The lowest BCUT2D eigenvalue weighted by Gasteiger charge is -2.42. The quantitative estimate of drug-likeness (QED) is 0.611. The third kappa shape index (κ3) is 1.57. The molecule has 1 fully saturated rings. The van der Waals surface area contributed by atoms with E-state index < -0.39 is 0 Å². The molecule has 0 saturated heterocycles. The standard InChI is InChI=1S/C8H13ClO2/c1-8(7(10)5-9)3-6(4-8)11-2/h6H,3-5H2,1-2H3. The van der Waals surface area contributed by atoms with E-state index in [1.807, 2.05) is 6.92 Å². The lowest BCUT2D eigenvalue weighted by atomic mass is 9.66. The molecule has 0 heterocycles. The summed E-state index contributed by atoms with van der Waals surface area (Å²) in [6, 6.07) is 0. The van der Waals surface area contributed by atoms with Crippen molar-refractivity contribution in [3.63, 3.8) is 0 Å². The predicted molar refractivity (Wildman–Crippen MR) is 43.9 cm³/mol. The Morgan fingerprint density at radius 2 is 2.27 bits per heavy atom. The van der Waals surface area contributed by atoms with Crippen LogP contribution in [0.25, 0.3) is 0 Å². The number of alkyl halides is 1. The molecule has 0 spiro atoms. The van der Waals surface area contributed by atoms with Gasteiger partial charge in [-0.05, 0) is 12.8 Å². The van der Waals surface area contributed by atoms with Crippen molar-refractivity contribution < 1.29 is 9.53 Å². The van der Waals surface area contributed by atoms with Gasteiger partial charge in [-0.15, -0.1) is 11.6 Å². The Balaban J connectivity index is 2.42. The summed E-state index contributed by atoms with van der Waals surface area (Å²) in [7, 11) is 1.68. The molecule has 1 aliphatic carbocycles. The van der Waals surface area contributed by atoms with Gasteiger partial charge in [0.05, 0.1) is 12.0 Å². The van der Waals surface area contributed by atoms with Gasteiger partial charge in [0.15, 0.2) is 5.78 Å². The van der Waals surface area contributed by atoms with Crippen LogP contribution < -0.4 is 0 Å². The molecule has 0 unspecified atom stereocenters. The number of rotatable bonds is 3. The summed E-state index contributed by atoms with van der Waals surface area (Å²) < 4.78 is 5.08. The molecule has 11 heavy (non-hydrogen) atoms. The lowest BCUT2D eigenvalue weighted by molar-refractivity contribution is -0.139. The Hall–Kier alpha value is -0.0800. The highest BCUT2D eigenvalue weighted by Gasteiger charge is 2.45. The van der Waals surface area contributed by atoms with Crippen LogP contribution in [-0.2, 0) is 9.53 Å². The molecule has 0 amide bonds. The van der Waals surface area contributed by atoms with Crippen molar-refractivity contribution in [2.24, 2.45) is 5.41 Å². The molecule has 1 rings (SSSR count). The topological polar surface area (TPSA) is 26.3 Å². The predicted octanol–water partition coefficient (Wildman–Crippen LogP) is 1.61. The fourth-order valence-corrected chi connectivity index (χ4v) is 1.82. The van der Waals surface area contributed by atoms with Gasteiger partial charge in [-0.1, -0.05) is 6.92 Å². The summed E-state index contributed by atoms with van der Waals surface area (Å²) in [5, 5.41) is 0. The van der Waals surface area contributed by atoms with Gasteiger partial charge in [-0.3, -0.25) is 4.79 Å². The molecule has 1 saturated carbocycles. The molecular formula is C8H13ClO2. The van der Waals surface area contributed by atoms with E-state index in [4.69, 9.17) is 16.3 Å². The van der Waals surface area contributed by atoms with E-state index in [2.05, 4.69) is 0 Å². The molecule has 0 aromatic heterocycles. The molecular weight excluding hydrogens is 164 g/mol. The highest BCUT2D eigenvalue weighted by molar-refractivity contribution is 6.28. The van der Waals surface area contributed by atoms with Crippen LogP contribution >= 0.6 is 11.6 Å². The number of methoxy groups -OCH3 is 1. The van der Waals surface area contributed by atoms with Crippen molar-refractivity contribution in [3.8, 4) is 0 Å². The molecule has 3 heteroatoms. The normalized spacial score (nSPS) is 36.5. The van der Waals surface area contributed by atoms with E-state index in [1.165, 1.54) is 0 Å². The third-order valence-corrected chi connectivity index (χ3v) is 2.73. The zero-order valence-electron chi connectivity index (χ0n) is 6.89. The van der Waals surface area contributed by atoms with Crippen LogP contribution in [0.4, 0.5) is 0 Å². The number of halogens is 1. The Morgan fingerprint density at radius 3 is 2.64 bits per heavy atom. The lowest BCUT2D eigenvalue weighted by Crippen LogP contribution is -2.46. The monoisotopic (exact) mass is 176 g/mol. The van der Waals surface area contributed by atoms with Crippen LogP contribution in [0.3, 0.4) is 0 Å². The van der Waals surface area contributed by atoms with E-state index in [0.717, 1.165) is 12.8 Å². The number of hydrogen-bond acceptors (Lipinski definition) is 2. The first-order chi connectivity index (χ1) is 5.12. The van der Waals surface area contributed by atoms with Crippen molar-refractivity contribution in [3.05, 3.63) is 0 Å². The average Bonchev–Trinajstić information content (AvgIpc) is 1.96. The van der Waals surface area contributed by atoms with Crippen molar-refractivity contribution in [2.45, 2.75) is 25.9 Å². The molecule has 64 valence electrons. The van der Waals surface area contributed by atoms with E-state index in [9.17, 15) is 4.79 Å². The molecule has 0 aromatic carbocycles. The van der Waals surface area contributed by atoms with Gasteiger partial charge in [0.25, 0.3) is 0 Å². The van der Waals surface area contributed by atoms with Gasteiger partial charge in [-0.25, -0.2) is 0 Å². The molecule has 0 N–H and O–H groups in total. The maximum atomic E-state index is 11.2. The van der Waals surface area contributed by atoms with Crippen LogP contribution in [0.15, 0.2) is 0 Å². The molecule has 2 nitrogen and oxygen atoms in total. The fraction of sp³-hybridized carbons (Fsp3) is 0.875. The van der Waals surface area contributed by atoms with Gasteiger partial charge in [0.2, 0.25) is 0 Å². The summed E-state index contributed by atoms with van der Waals surface area (Å²) in [5.74, 6) is 0.278. The maximum Gasteiger partial charge on any atom is 0.153 e. The molecule has 0 aliphatic heterocycles. The Kier molecular flexibility index (Phi) is 2.55. The molecule has 1 aliphatic rings. The largest absolute Gasteiger partial charge is 0.381 e. The van der Waals surface area contributed by atoms with Gasteiger partial charge in [0, 0.05) is 12.5 Å². The minimum absolute atomic E-state index is 0.132. The van der Waals surface area contributed by atoms with Crippen molar-refractivity contribution in [2.75, 3.05) is 13.0 Å². The molecule has 0 bridgehead atoms. The third-order valence-electron chi connectivity index (χ3n) is 2.48. The van der Waals surface area contributed by atoms with E-state index in [-0.39, 0.29) is 23.2 Å². The number of ketones is 1. The van der Waals surface area contributed by atoms with E-state index in [1.54, 1.807) is 7.11 Å². The van der Waals surface area contributed by atoms with Gasteiger partial charge in [0.1, 0.15) is 0 Å². The number of carbonyl (C=O) groups is 1. The van der Waals surface area contributed by atoms with Crippen LogP contribution in [0.5, 0.6) is 0 Å². The van der Waals surface area contributed by atoms with Gasteiger partial charge in [-0.2, -0.15) is 0 Å². The van der Waals surface area contributed by atoms with Crippen molar-refractivity contribution >= 4 is 17.4 Å². The summed E-state index contributed by atoms with van der Waals surface area (Å²) in [5.41, 5.74) is -0.192. The van der Waals surface area contributed by atoms with E-state index in [0.29, 0.717) is 0 Å². The highest BCUT2D eigenvalue weighted by Crippen LogP contribution is 2.43. The molecule has 0 aromatic rings. The van der Waals surface area contributed by atoms with Gasteiger partial charge >= 0.3 is 0 Å². The minimum Gasteiger partial charge on any atom is -0.381 e. The van der Waals surface area contributed by atoms with Crippen LogP contribution in [0.1, 0.15) is 19.8 Å². The average molecular weight is 177 g/mol. The SMILES string of the molecule is COC1CC(C)(C(=O)CCl)C1. The van der Waals surface area contributed by atoms with Crippen LogP contribution in [0.2, 0.25) is 0 Å². The molecule has 0 radical (unpaired) electrons. The Morgan fingerprint density at radius 1 is 1.73 bits per heavy atom. The Bertz CT molecular complexity index is 161. The van der Waals surface area contributed by atoms with Crippen LogP contribution in [-0.4, -0.2) is 24.9 Å². The zero-order chi connectivity index (χ0) is 8.48. The molecule has 0 atom stereocenters. The number of hydrogen-bond donors (Lipinski definition) is 0. The number of carbonyl (C=O) groups excluding carboxylic acids is 1. The summed E-state index contributed by atoms with van der Waals surface area (Å²) in [4.78, 5) is 11.2. The first-order valence-corrected chi connectivity index (χ1v) is 4.28.